The zero-order valence-electron chi connectivity index (χ0n) is 10.5. The van der Waals surface area contributed by atoms with Crippen molar-refractivity contribution >= 4 is 5.91 Å². The lowest BCUT2D eigenvalue weighted by atomic mass is 10.0. The molecule has 1 saturated carbocycles. The molecule has 0 spiro atoms. The molecule has 5 heteroatoms. The lowest BCUT2D eigenvalue weighted by Gasteiger charge is -2.28. The van der Waals surface area contributed by atoms with Gasteiger partial charge in [-0.1, -0.05) is 18.9 Å². The van der Waals surface area contributed by atoms with Gasteiger partial charge in [0.05, 0.1) is 5.60 Å². The SMILES string of the molecule is CN(CC1(O)CCCC1)C(=O)c1cccc(=O)[nH]1. The number of aromatic nitrogens is 1. The summed E-state index contributed by atoms with van der Waals surface area (Å²) in [6.07, 6.45) is 3.47. The van der Waals surface area contributed by atoms with Crippen molar-refractivity contribution in [2.75, 3.05) is 13.6 Å². The molecule has 1 heterocycles. The normalized spacial score (nSPS) is 17.7. The number of pyridine rings is 1. The average molecular weight is 250 g/mol. The van der Waals surface area contributed by atoms with Gasteiger partial charge in [0, 0.05) is 19.7 Å². The first-order valence-electron chi connectivity index (χ1n) is 6.17. The van der Waals surface area contributed by atoms with E-state index < -0.39 is 5.60 Å². The molecule has 0 saturated heterocycles. The third-order valence-corrected chi connectivity index (χ3v) is 3.41. The Hall–Kier alpha value is -1.62. The van der Waals surface area contributed by atoms with Crippen molar-refractivity contribution in [3.05, 3.63) is 34.2 Å². The first-order chi connectivity index (χ1) is 8.50. The van der Waals surface area contributed by atoms with Crippen molar-refractivity contribution in [3.63, 3.8) is 0 Å². The van der Waals surface area contributed by atoms with Gasteiger partial charge in [-0.15, -0.1) is 0 Å². The Balaban J connectivity index is 2.07. The summed E-state index contributed by atoms with van der Waals surface area (Å²) in [6, 6.07) is 4.48. The Morgan fingerprint density at radius 2 is 2.11 bits per heavy atom. The maximum atomic E-state index is 12.1. The Morgan fingerprint density at radius 1 is 1.44 bits per heavy atom. The van der Waals surface area contributed by atoms with E-state index in [9.17, 15) is 14.7 Å². The van der Waals surface area contributed by atoms with Crippen LogP contribution in [0.2, 0.25) is 0 Å². The van der Waals surface area contributed by atoms with Crippen LogP contribution >= 0.6 is 0 Å². The second kappa shape index (κ2) is 4.94. The largest absolute Gasteiger partial charge is 0.388 e. The van der Waals surface area contributed by atoms with Crippen molar-refractivity contribution in [3.8, 4) is 0 Å². The van der Waals surface area contributed by atoms with Crippen molar-refractivity contribution in [1.29, 1.82) is 0 Å². The van der Waals surface area contributed by atoms with Gasteiger partial charge in [0.2, 0.25) is 5.56 Å². The van der Waals surface area contributed by atoms with Gasteiger partial charge in [0.1, 0.15) is 5.69 Å². The molecule has 0 unspecified atom stereocenters. The van der Waals surface area contributed by atoms with Crippen LogP contribution in [-0.2, 0) is 0 Å². The Morgan fingerprint density at radius 3 is 2.72 bits per heavy atom. The van der Waals surface area contributed by atoms with Crippen molar-refractivity contribution in [1.82, 2.24) is 9.88 Å². The van der Waals surface area contributed by atoms with E-state index in [0.29, 0.717) is 6.54 Å². The van der Waals surface area contributed by atoms with Crippen LogP contribution < -0.4 is 5.56 Å². The summed E-state index contributed by atoms with van der Waals surface area (Å²) in [4.78, 5) is 27.2. The van der Waals surface area contributed by atoms with Gasteiger partial charge in [0.15, 0.2) is 0 Å². The van der Waals surface area contributed by atoms with Gasteiger partial charge in [-0.3, -0.25) is 9.59 Å². The molecule has 0 bridgehead atoms. The fraction of sp³-hybridized carbons (Fsp3) is 0.538. The van der Waals surface area contributed by atoms with Crippen LogP contribution in [0.15, 0.2) is 23.0 Å². The summed E-state index contributed by atoms with van der Waals surface area (Å²) in [5, 5.41) is 10.2. The molecule has 1 aromatic rings. The number of carbonyl (C=O) groups is 1. The molecule has 1 amide bonds. The summed E-state index contributed by atoms with van der Waals surface area (Å²) in [5.74, 6) is -0.270. The van der Waals surface area contributed by atoms with Crippen LogP contribution in [0.5, 0.6) is 0 Å². The summed E-state index contributed by atoms with van der Waals surface area (Å²) in [7, 11) is 1.64. The Kier molecular flexibility index (Phi) is 3.52. The van der Waals surface area contributed by atoms with Crippen molar-refractivity contribution < 1.29 is 9.90 Å². The van der Waals surface area contributed by atoms with Crippen LogP contribution in [0.1, 0.15) is 36.2 Å². The van der Waals surface area contributed by atoms with E-state index in [2.05, 4.69) is 4.98 Å². The maximum Gasteiger partial charge on any atom is 0.270 e. The molecule has 0 atom stereocenters. The molecule has 18 heavy (non-hydrogen) atoms. The lowest BCUT2D eigenvalue weighted by molar-refractivity contribution is 0.0154. The molecular formula is C13H18N2O3. The van der Waals surface area contributed by atoms with E-state index in [1.807, 2.05) is 0 Å². The predicted molar refractivity (Wildman–Crippen MR) is 67.4 cm³/mol. The number of aromatic amines is 1. The molecule has 2 rings (SSSR count). The topological polar surface area (TPSA) is 73.4 Å². The van der Waals surface area contributed by atoms with E-state index >= 15 is 0 Å². The number of nitrogens with one attached hydrogen (secondary N) is 1. The highest BCUT2D eigenvalue weighted by atomic mass is 16.3. The number of hydrogen-bond donors (Lipinski definition) is 2. The molecule has 2 N–H and O–H groups in total. The van der Waals surface area contributed by atoms with Gasteiger partial charge >= 0.3 is 0 Å². The average Bonchev–Trinajstić information content (AvgIpc) is 2.74. The highest BCUT2D eigenvalue weighted by Crippen LogP contribution is 2.30. The molecular weight excluding hydrogens is 232 g/mol. The third-order valence-electron chi connectivity index (χ3n) is 3.41. The predicted octanol–water partition coefficient (Wildman–Crippen LogP) is 0.752. The summed E-state index contributed by atoms with van der Waals surface area (Å²) in [5.41, 5.74) is -0.806. The molecule has 1 aliphatic rings. The summed E-state index contributed by atoms with van der Waals surface area (Å²) in [6.45, 7) is 0.308. The molecule has 1 aliphatic carbocycles. The van der Waals surface area contributed by atoms with E-state index in [1.54, 1.807) is 19.2 Å². The van der Waals surface area contributed by atoms with Crippen LogP contribution in [0.4, 0.5) is 0 Å². The quantitative estimate of drug-likeness (QED) is 0.831. The molecule has 5 nitrogen and oxygen atoms in total. The number of likely N-dealkylation sites (N-methyl/N-ethyl adjacent to an activating group) is 1. The fourth-order valence-electron chi connectivity index (χ4n) is 2.48. The van der Waals surface area contributed by atoms with Gasteiger partial charge < -0.3 is 15.0 Å². The van der Waals surface area contributed by atoms with Gasteiger partial charge in [-0.2, -0.15) is 0 Å². The van der Waals surface area contributed by atoms with Gasteiger partial charge in [-0.25, -0.2) is 0 Å². The van der Waals surface area contributed by atoms with E-state index in [4.69, 9.17) is 0 Å². The number of aliphatic hydroxyl groups is 1. The van der Waals surface area contributed by atoms with Crippen molar-refractivity contribution in [2.45, 2.75) is 31.3 Å². The van der Waals surface area contributed by atoms with E-state index in [-0.39, 0.29) is 17.2 Å². The first kappa shape index (κ1) is 12.8. The molecule has 1 fully saturated rings. The number of hydrogen-bond acceptors (Lipinski definition) is 3. The Bertz CT molecular complexity index is 489. The minimum Gasteiger partial charge on any atom is -0.388 e. The van der Waals surface area contributed by atoms with Crippen molar-refractivity contribution in [2.24, 2.45) is 0 Å². The van der Waals surface area contributed by atoms with Gasteiger partial charge in [0.25, 0.3) is 5.91 Å². The second-order valence-electron chi connectivity index (χ2n) is 5.02. The zero-order chi connectivity index (χ0) is 13.2. The van der Waals surface area contributed by atoms with E-state index in [0.717, 1.165) is 25.7 Å². The van der Waals surface area contributed by atoms with Crippen LogP contribution in [0, 0.1) is 0 Å². The first-order valence-corrected chi connectivity index (χ1v) is 6.17. The van der Waals surface area contributed by atoms with Crippen LogP contribution in [-0.4, -0.2) is 40.1 Å². The Labute approximate surface area is 105 Å². The standard InChI is InChI=1S/C13H18N2O3/c1-15(9-13(18)7-2-3-8-13)12(17)10-5-4-6-11(16)14-10/h4-6,18H,2-3,7-9H2,1H3,(H,14,16). The number of rotatable bonds is 3. The van der Waals surface area contributed by atoms with Gasteiger partial charge in [-0.05, 0) is 18.9 Å². The van der Waals surface area contributed by atoms with Crippen LogP contribution in [0.3, 0.4) is 0 Å². The maximum absolute atomic E-state index is 12.1. The molecule has 0 aliphatic heterocycles. The highest BCUT2D eigenvalue weighted by molar-refractivity contribution is 5.92. The zero-order valence-corrected chi connectivity index (χ0v) is 10.5. The second-order valence-corrected chi connectivity index (χ2v) is 5.02. The minimum atomic E-state index is -0.764. The monoisotopic (exact) mass is 250 g/mol. The number of carbonyl (C=O) groups excluding carboxylic acids is 1. The number of amides is 1. The number of nitrogens with zero attached hydrogens (tertiary/aromatic N) is 1. The molecule has 0 aromatic carbocycles. The lowest BCUT2D eigenvalue weighted by Crippen LogP contribution is -2.42. The molecule has 98 valence electrons. The minimum absolute atomic E-state index is 0.256. The highest BCUT2D eigenvalue weighted by Gasteiger charge is 2.33. The van der Waals surface area contributed by atoms with Crippen LogP contribution in [0.25, 0.3) is 0 Å². The van der Waals surface area contributed by atoms with E-state index in [1.165, 1.54) is 11.0 Å². The fourth-order valence-corrected chi connectivity index (χ4v) is 2.48. The summed E-state index contributed by atoms with van der Waals surface area (Å²) >= 11 is 0. The smallest absolute Gasteiger partial charge is 0.270 e. The molecule has 0 radical (unpaired) electrons. The third kappa shape index (κ3) is 2.79. The summed E-state index contributed by atoms with van der Waals surface area (Å²) < 4.78 is 0. The number of H-pyrrole nitrogens is 1. The molecule has 1 aromatic heterocycles.